The van der Waals surface area contributed by atoms with Gasteiger partial charge in [0.15, 0.2) is 12.2 Å². The number of carbonyl (C=O) groups is 4. The van der Waals surface area contributed by atoms with Gasteiger partial charge < -0.3 is 33.8 Å². The molecular weight excluding hydrogens is 1210 g/mol. The molecule has 0 radical (unpaired) electrons. The second-order valence-electron chi connectivity index (χ2n) is 27.3. The van der Waals surface area contributed by atoms with Crippen molar-refractivity contribution in [1.29, 1.82) is 0 Å². The largest absolute Gasteiger partial charge is 0.472 e. The Labute approximate surface area is 562 Å². The number of rotatable bonds is 72. The molecular formula is C73H142O17P2. The van der Waals surface area contributed by atoms with Crippen LogP contribution in [-0.2, 0) is 65.4 Å². The minimum absolute atomic E-state index is 0.107. The van der Waals surface area contributed by atoms with Gasteiger partial charge in [-0.3, -0.25) is 37.3 Å². The van der Waals surface area contributed by atoms with Crippen LogP contribution < -0.4 is 0 Å². The van der Waals surface area contributed by atoms with Gasteiger partial charge in [0.2, 0.25) is 0 Å². The van der Waals surface area contributed by atoms with E-state index >= 15 is 0 Å². The van der Waals surface area contributed by atoms with Crippen LogP contribution in [0.1, 0.15) is 375 Å². The first kappa shape index (κ1) is 90.1. The first-order valence-electron chi connectivity index (χ1n) is 38.0. The van der Waals surface area contributed by atoms with Crippen molar-refractivity contribution in [2.75, 3.05) is 39.6 Å². The van der Waals surface area contributed by atoms with Crippen LogP contribution in [0.25, 0.3) is 0 Å². The SMILES string of the molecule is CCCCCCCCCCCCCCCCCC(=O)O[C@H](COC(=O)CCCCCCC)COP(=O)(O)OC[C@H](O)COP(=O)(O)OC[C@@H](COC(=O)CCCCCCCCCCCCCCCC(C)C)OC(=O)CCCCCCCCCCCCCCCC(C)C. The zero-order valence-electron chi connectivity index (χ0n) is 59.9. The lowest BCUT2D eigenvalue weighted by atomic mass is 10.0. The molecule has 0 spiro atoms. The zero-order valence-corrected chi connectivity index (χ0v) is 61.6. The van der Waals surface area contributed by atoms with E-state index in [0.29, 0.717) is 25.7 Å². The minimum atomic E-state index is -4.95. The molecule has 0 aliphatic carbocycles. The molecule has 0 aromatic heterocycles. The standard InChI is InChI=1S/C73H142O17P2/c1-7-9-11-13-14-15-16-17-18-23-29-34-39-45-51-57-72(77)89-68(61-83-70(75)55-49-41-12-10-8-2)63-87-91(79,80)85-59-67(74)60-86-92(81,82)88-64-69(90-73(78)58-52-46-40-35-30-25-20-22-27-32-37-43-48-54-66(5)6)62-84-71(76)56-50-44-38-33-28-24-19-21-26-31-36-42-47-53-65(3)4/h65-69,74H,7-64H2,1-6H3,(H,79,80)(H,81,82)/t67-,68+,69+/m0/s1. The molecule has 0 heterocycles. The molecule has 0 bridgehead atoms. The molecule has 546 valence electrons. The number of esters is 4. The molecule has 0 aromatic rings. The number of aliphatic hydroxyl groups is 1. The van der Waals surface area contributed by atoms with Crippen LogP contribution in [0.15, 0.2) is 0 Å². The molecule has 0 saturated carbocycles. The third-order valence-electron chi connectivity index (χ3n) is 17.0. The van der Waals surface area contributed by atoms with Crippen LogP contribution in [0.4, 0.5) is 0 Å². The maximum absolute atomic E-state index is 13.0. The molecule has 0 amide bonds. The predicted molar refractivity (Wildman–Crippen MR) is 372 cm³/mol. The van der Waals surface area contributed by atoms with Gasteiger partial charge in [0.25, 0.3) is 0 Å². The Bertz CT molecular complexity index is 1790. The number of phosphoric ester groups is 2. The van der Waals surface area contributed by atoms with E-state index in [1.165, 1.54) is 186 Å². The summed E-state index contributed by atoms with van der Waals surface area (Å²) in [5, 5.41) is 10.6. The third-order valence-corrected chi connectivity index (χ3v) is 18.9. The van der Waals surface area contributed by atoms with Crippen molar-refractivity contribution in [3.05, 3.63) is 0 Å². The fourth-order valence-corrected chi connectivity index (χ4v) is 12.7. The van der Waals surface area contributed by atoms with E-state index < -0.39 is 97.5 Å². The van der Waals surface area contributed by atoms with Gasteiger partial charge in [-0.15, -0.1) is 0 Å². The molecule has 5 atom stereocenters. The summed E-state index contributed by atoms with van der Waals surface area (Å²) in [7, 11) is -9.90. The molecule has 0 fully saturated rings. The summed E-state index contributed by atoms with van der Waals surface area (Å²) in [5.41, 5.74) is 0. The number of hydrogen-bond acceptors (Lipinski definition) is 15. The first-order chi connectivity index (χ1) is 44.4. The molecule has 92 heavy (non-hydrogen) atoms. The molecule has 0 rings (SSSR count). The predicted octanol–water partition coefficient (Wildman–Crippen LogP) is 21.2. The van der Waals surface area contributed by atoms with Crippen LogP contribution >= 0.6 is 15.6 Å². The van der Waals surface area contributed by atoms with Gasteiger partial charge in [-0.2, -0.15) is 0 Å². The molecule has 0 aliphatic heterocycles. The van der Waals surface area contributed by atoms with Crippen LogP contribution in [0.5, 0.6) is 0 Å². The topological polar surface area (TPSA) is 237 Å². The quantitative estimate of drug-likeness (QED) is 0.0222. The summed E-state index contributed by atoms with van der Waals surface area (Å²) in [4.78, 5) is 72.4. The van der Waals surface area contributed by atoms with Crippen molar-refractivity contribution < 1.29 is 80.2 Å². The van der Waals surface area contributed by atoms with E-state index in [-0.39, 0.29) is 25.7 Å². The molecule has 0 saturated heterocycles. The fourth-order valence-electron chi connectivity index (χ4n) is 11.1. The number of unbranched alkanes of at least 4 members (excludes halogenated alkanes) is 42. The van der Waals surface area contributed by atoms with Crippen molar-refractivity contribution in [1.82, 2.24) is 0 Å². The summed E-state index contributed by atoms with van der Waals surface area (Å²) in [6, 6.07) is 0. The summed E-state index contributed by atoms with van der Waals surface area (Å²) < 4.78 is 68.2. The van der Waals surface area contributed by atoms with E-state index in [0.717, 1.165) is 108 Å². The van der Waals surface area contributed by atoms with E-state index in [9.17, 15) is 43.2 Å². The van der Waals surface area contributed by atoms with Gasteiger partial charge in [0.05, 0.1) is 26.4 Å². The van der Waals surface area contributed by atoms with E-state index in [1.54, 1.807) is 0 Å². The van der Waals surface area contributed by atoms with Crippen molar-refractivity contribution in [3.8, 4) is 0 Å². The Morgan fingerprint density at radius 3 is 0.739 bits per heavy atom. The maximum atomic E-state index is 13.0. The van der Waals surface area contributed by atoms with Crippen molar-refractivity contribution in [3.63, 3.8) is 0 Å². The fraction of sp³-hybridized carbons (Fsp3) is 0.945. The van der Waals surface area contributed by atoms with Crippen LogP contribution in [0, 0.1) is 11.8 Å². The lowest BCUT2D eigenvalue weighted by Gasteiger charge is -2.21. The summed E-state index contributed by atoms with van der Waals surface area (Å²) in [6.07, 6.45) is 51.6. The summed E-state index contributed by atoms with van der Waals surface area (Å²) in [6.45, 7) is 9.53. The number of hydrogen-bond donors (Lipinski definition) is 3. The molecule has 17 nitrogen and oxygen atoms in total. The average molecular weight is 1350 g/mol. The second kappa shape index (κ2) is 65.0. The summed E-state index contributed by atoms with van der Waals surface area (Å²) in [5.74, 6) is -0.552. The first-order valence-corrected chi connectivity index (χ1v) is 41.0. The van der Waals surface area contributed by atoms with Crippen LogP contribution in [0.3, 0.4) is 0 Å². The van der Waals surface area contributed by atoms with E-state index in [1.807, 2.05) is 0 Å². The van der Waals surface area contributed by atoms with Crippen molar-refractivity contribution in [2.45, 2.75) is 394 Å². The lowest BCUT2D eigenvalue weighted by molar-refractivity contribution is -0.161. The normalized spacial score (nSPS) is 14.1. The van der Waals surface area contributed by atoms with Crippen LogP contribution in [0.2, 0.25) is 0 Å². The van der Waals surface area contributed by atoms with Gasteiger partial charge in [-0.05, 0) is 37.5 Å². The highest BCUT2D eigenvalue weighted by molar-refractivity contribution is 7.47. The Hall–Kier alpha value is -1.94. The van der Waals surface area contributed by atoms with E-state index in [4.69, 9.17) is 37.0 Å². The monoisotopic (exact) mass is 1350 g/mol. The van der Waals surface area contributed by atoms with Gasteiger partial charge >= 0.3 is 39.5 Å². The highest BCUT2D eigenvalue weighted by Crippen LogP contribution is 2.45. The third kappa shape index (κ3) is 66.7. The van der Waals surface area contributed by atoms with E-state index in [2.05, 4.69) is 41.5 Å². The maximum Gasteiger partial charge on any atom is 0.472 e. The Balaban J connectivity index is 5.15. The number of carbonyl (C=O) groups excluding carboxylic acids is 4. The highest BCUT2D eigenvalue weighted by Gasteiger charge is 2.30. The molecule has 2 unspecified atom stereocenters. The Morgan fingerprint density at radius 1 is 0.293 bits per heavy atom. The smallest absolute Gasteiger partial charge is 0.462 e. The average Bonchev–Trinajstić information content (AvgIpc) is 1.62. The molecule has 3 N–H and O–H groups in total. The number of phosphoric acid groups is 2. The van der Waals surface area contributed by atoms with Gasteiger partial charge in [-0.25, -0.2) is 9.13 Å². The van der Waals surface area contributed by atoms with Crippen LogP contribution in [-0.4, -0.2) is 96.7 Å². The number of ether oxygens (including phenoxy) is 4. The Morgan fingerprint density at radius 2 is 0.500 bits per heavy atom. The molecule has 19 heteroatoms. The zero-order chi connectivity index (χ0) is 67.9. The van der Waals surface area contributed by atoms with Crippen molar-refractivity contribution in [2.24, 2.45) is 11.8 Å². The lowest BCUT2D eigenvalue weighted by Crippen LogP contribution is -2.30. The molecule has 0 aromatic carbocycles. The molecule has 0 aliphatic rings. The second-order valence-corrected chi connectivity index (χ2v) is 30.2. The van der Waals surface area contributed by atoms with Gasteiger partial charge in [0, 0.05) is 25.7 Å². The van der Waals surface area contributed by atoms with Gasteiger partial charge in [-0.1, -0.05) is 324 Å². The minimum Gasteiger partial charge on any atom is -0.462 e. The Kier molecular flexibility index (Phi) is 63.7. The number of aliphatic hydroxyl groups excluding tert-OH is 1. The highest BCUT2D eigenvalue weighted by atomic mass is 31.2. The van der Waals surface area contributed by atoms with Crippen molar-refractivity contribution >= 4 is 39.5 Å². The summed E-state index contributed by atoms with van der Waals surface area (Å²) >= 11 is 0. The van der Waals surface area contributed by atoms with Gasteiger partial charge in [0.1, 0.15) is 19.3 Å².